The van der Waals surface area contributed by atoms with Gasteiger partial charge < -0.3 is 15.6 Å². The lowest BCUT2D eigenvalue weighted by Crippen LogP contribution is -2.17. The first-order chi connectivity index (χ1) is 8.70. The summed E-state index contributed by atoms with van der Waals surface area (Å²) >= 11 is 0. The predicted octanol–water partition coefficient (Wildman–Crippen LogP) is 2.62. The van der Waals surface area contributed by atoms with Crippen molar-refractivity contribution in [2.24, 2.45) is 5.73 Å². The summed E-state index contributed by atoms with van der Waals surface area (Å²) in [7, 11) is 1.62. The number of hydrogen-bond acceptors (Lipinski definition) is 3. The molecule has 1 aromatic rings. The van der Waals surface area contributed by atoms with Gasteiger partial charge in [-0.3, -0.25) is 0 Å². The highest BCUT2D eigenvalue weighted by molar-refractivity contribution is 5.15. The zero-order chi connectivity index (χ0) is 14.2. The van der Waals surface area contributed by atoms with Gasteiger partial charge >= 0.3 is 0 Å². The number of benzene rings is 1. The van der Waals surface area contributed by atoms with Gasteiger partial charge in [0.1, 0.15) is 0 Å². The molecule has 0 radical (unpaired) electrons. The second-order valence-electron chi connectivity index (χ2n) is 3.74. The highest BCUT2D eigenvalue weighted by Crippen LogP contribution is 2.00. The van der Waals surface area contributed by atoms with Gasteiger partial charge in [0.2, 0.25) is 0 Å². The van der Waals surface area contributed by atoms with E-state index in [0.717, 1.165) is 12.8 Å². The van der Waals surface area contributed by atoms with Gasteiger partial charge in [0.15, 0.2) is 0 Å². The Bertz CT molecular complexity index is 234. The van der Waals surface area contributed by atoms with Crippen LogP contribution in [0.4, 0.5) is 0 Å². The minimum Gasteiger partial charge on any atom is -0.396 e. The summed E-state index contributed by atoms with van der Waals surface area (Å²) in [6.45, 7) is 6.91. The van der Waals surface area contributed by atoms with Crippen molar-refractivity contribution in [2.75, 3.05) is 20.3 Å². The molecule has 18 heavy (non-hydrogen) atoms. The number of aliphatic hydroxyl groups is 1. The van der Waals surface area contributed by atoms with Crippen molar-refractivity contribution in [1.29, 1.82) is 0 Å². The largest absolute Gasteiger partial charge is 0.396 e. The summed E-state index contributed by atoms with van der Waals surface area (Å²) in [5.74, 6) is 0. The topological polar surface area (TPSA) is 55.5 Å². The minimum absolute atomic E-state index is 0.230. The third-order valence-electron chi connectivity index (χ3n) is 1.91. The highest BCUT2D eigenvalue weighted by Gasteiger charge is 1.94. The number of rotatable bonds is 5. The Hall–Kier alpha value is -0.900. The first-order valence-corrected chi connectivity index (χ1v) is 6.60. The fourth-order valence-corrected chi connectivity index (χ4v) is 1.19. The second-order valence-corrected chi connectivity index (χ2v) is 3.74. The number of ether oxygens (including phenoxy) is 1. The molecular formula is C15H29NO2. The molecule has 106 valence electrons. The average molecular weight is 255 g/mol. The Balaban J connectivity index is 0. The first kappa shape index (κ1) is 19.4. The monoisotopic (exact) mass is 255 g/mol. The second kappa shape index (κ2) is 16.1. The number of aliphatic hydroxyl groups excluding tert-OH is 1. The third-order valence-corrected chi connectivity index (χ3v) is 1.91. The maximum atomic E-state index is 8.12. The molecule has 0 saturated carbocycles. The molecule has 0 aromatic heterocycles. The Morgan fingerprint density at radius 3 is 2.11 bits per heavy atom. The highest BCUT2D eigenvalue weighted by atomic mass is 16.5. The minimum atomic E-state index is 0.230. The fraction of sp³-hybridized carbons (Fsp3) is 0.600. The van der Waals surface area contributed by atoms with Gasteiger partial charge in [0.05, 0.1) is 0 Å². The van der Waals surface area contributed by atoms with E-state index in [2.05, 4.69) is 16.9 Å². The van der Waals surface area contributed by atoms with Crippen LogP contribution < -0.4 is 5.73 Å². The van der Waals surface area contributed by atoms with Crippen molar-refractivity contribution in [3.8, 4) is 0 Å². The van der Waals surface area contributed by atoms with Gasteiger partial charge in [-0.15, -0.1) is 0 Å². The van der Waals surface area contributed by atoms with E-state index >= 15 is 0 Å². The van der Waals surface area contributed by atoms with Crippen molar-refractivity contribution < 1.29 is 9.84 Å². The molecule has 0 bridgehead atoms. The molecule has 0 amide bonds. The van der Waals surface area contributed by atoms with Crippen LogP contribution >= 0.6 is 0 Å². The maximum Gasteiger partial charge on any atom is 0.0484 e. The average Bonchev–Trinajstić information content (AvgIpc) is 2.40. The van der Waals surface area contributed by atoms with E-state index in [1.54, 1.807) is 7.11 Å². The zero-order valence-corrected chi connectivity index (χ0v) is 12.2. The lowest BCUT2D eigenvalue weighted by Gasteiger charge is -2.02. The van der Waals surface area contributed by atoms with Crippen molar-refractivity contribution in [3.63, 3.8) is 0 Å². The van der Waals surface area contributed by atoms with Crippen LogP contribution in [0.15, 0.2) is 30.3 Å². The van der Waals surface area contributed by atoms with Crippen LogP contribution in [0.3, 0.4) is 0 Å². The Morgan fingerprint density at radius 1 is 1.22 bits per heavy atom. The molecule has 0 unspecified atom stereocenters. The van der Waals surface area contributed by atoms with E-state index in [1.807, 2.05) is 39.0 Å². The Morgan fingerprint density at radius 2 is 1.78 bits per heavy atom. The van der Waals surface area contributed by atoms with E-state index in [-0.39, 0.29) is 12.6 Å². The van der Waals surface area contributed by atoms with Crippen LogP contribution in [0.1, 0.15) is 32.8 Å². The van der Waals surface area contributed by atoms with Gasteiger partial charge in [0.25, 0.3) is 0 Å². The lowest BCUT2D eigenvalue weighted by molar-refractivity contribution is 0.166. The number of hydrogen-bond donors (Lipinski definition) is 2. The predicted molar refractivity (Wildman–Crippen MR) is 78.7 cm³/mol. The van der Waals surface area contributed by atoms with E-state index in [1.165, 1.54) is 5.56 Å². The molecule has 0 aliphatic rings. The summed E-state index contributed by atoms with van der Waals surface area (Å²) in [5, 5.41) is 8.12. The number of nitrogens with two attached hydrogens (primary N) is 1. The van der Waals surface area contributed by atoms with E-state index in [9.17, 15) is 0 Å². The van der Waals surface area contributed by atoms with Crippen LogP contribution in [0.5, 0.6) is 0 Å². The molecule has 0 aliphatic heterocycles. The normalized spacial score (nSPS) is 10.6. The van der Waals surface area contributed by atoms with E-state index < -0.39 is 0 Å². The molecule has 1 rings (SSSR count). The molecule has 0 heterocycles. The summed E-state index contributed by atoms with van der Waals surface area (Å²) in [5.41, 5.74) is 6.94. The SMILES string of the molecule is CC.COCCCO.C[C@@H](N)Cc1ccccc1. The molecular weight excluding hydrogens is 226 g/mol. The van der Waals surface area contributed by atoms with Crippen LogP contribution in [-0.2, 0) is 11.2 Å². The standard InChI is InChI=1S/C9H13N.C4H10O2.C2H6/c1-8(10)7-9-5-3-2-4-6-9;1-6-4-2-3-5;1-2/h2-6,8H,7,10H2,1H3;5H,2-4H2,1H3;1-2H3/t8-;;/m1../s1. The van der Waals surface area contributed by atoms with E-state index in [0.29, 0.717) is 6.61 Å². The van der Waals surface area contributed by atoms with Gasteiger partial charge in [0, 0.05) is 26.4 Å². The molecule has 0 saturated heterocycles. The maximum absolute atomic E-state index is 8.12. The summed E-state index contributed by atoms with van der Waals surface area (Å²) in [4.78, 5) is 0. The van der Waals surface area contributed by atoms with Crippen LogP contribution in [0.25, 0.3) is 0 Å². The third kappa shape index (κ3) is 15.1. The Kier molecular flexibility index (Phi) is 17.4. The van der Waals surface area contributed by atoms with Crippen LogP contribution in [0, 0.1) is 0 Å². The smallest absolute Gasteiger partial charge is 0.0484 e. The Labute approximate surface area is 112 Å². The number of methoxy groups -OCH3 is 1. The molecule has 3 heteroatoms. The first-order valence-electron chi connectivity index (χ1n) is 6.60. The summed E-state index contributed by atoms with van der Waals surface area (Å²) in [6, 6.07) is 10.6. The molecule has 0 fully saturated rings. The van der Waals surface area contributed by atoms with Crippen LogP contribution in [0.2, 0.25) is 0 Å². The lowest BCUT2D eigenvalue weighted by atomic mass is 10.1. The van der Waals surface area contributed by atoms with Gasteiger partial charge in [-0.2, -0.15) is 0 Å². The summed E-state index contributed by atoms with van der Waals surface area (Å²) in [6.07, 6.45) is 1.72. The van der Waals surface area contributed by atoms with Crippen molar-refractivity contribution >= 4 is 0 Å². The molecule has 0 spiro atoms. The van der Waals surface area contributed by atoms with Crippen molar-refractivity contribution in [3.05, 3.63) is 35.9 Å². The van der Waals surface area contributed by atoms with Gasteiger partial charge in [-0.1, -0.05) is 44.2 Å². The molecule has 3 nitrogen and oxygen atoms in total. The molecule has 0 aliphatic carbocycles. The quantitative estimate of drug-likeness (QED) is 0.795. The molecule has 1 atom stereocenters. The van der Waals surface area contributed by atoms with Crippen LogP contribution in [-0.4, -0.2) is 31.5 Å². The fourth-order valence-electron chi connectivity index (χ4n) is 1.19. The molecule has 1 aromatic carbocycles. The van der Waals surface area contributed by atoms with E-state index in [4.69, 9.17) is 10.8 Å². The summed E-state index contributed by atoms with van der Waals surface area (Å²) < 4.78 is 4.62. The van der Waals surface area contributed by atoms with Crippen molar-refractivity contribution in [1.82, 2.24) is 0 Å². The van der Waals surface area contributed by atoms with Gasteiger partial charge in [-0.25, -0.2) is 0 Å². The zero-order valence-electron chi connectivity index (χ0n) is 12.2. The van der Waals surface area contributed by atoms with Crippen molar-refractivity contribution in [2.45, 2.75) is 39.7 Å². The van der Waals surface area contributed by atoms with Gasteiger partial charge in [-0.05, 0) is 25.3 Å². The molecule has 3 N–H and O–H groups in total.